The highest BCUT2D eigenvalue weighted by Crippen LogP contribution is 2.23. The van der Waals surface area contributed by atoms with Crippen LogP contribution in [0, 0.1) is 5.82 Å². The molecule has 2 aromatic rings. The number of benzene rings is 1. The third kappa shape index (κ3) is 2.47. The van der Waals surface area contributed by atoms with Gasteiger partial charge in [-0.2, -0.15) is 0 Å². The van der Waals surface area contributed by atoms with Crippen molar-refractivity contribution in [3.05, 3.63) is 54.1 Å². The summed E-state index contributed by atoms with van der Waals surface area (Å²) < 4.78 is 14.0. The maximum absolute atomic E-state index is 14.0. The first-order valence-corrected chi connectivity index (χ1v) is 5.09. The summed E-state index contributed by atoms with van der Waals surface area (Å²) in [6, 6.07) is 10.5. The highest BCUT2D eigenvalue weighted by atomic mass is 19.1. The van der Waals surface area contributed by atoms with E-state index in [0.717, 1.165) is 0 Å². The van der Waals surface area contributed by atoms with Gasteiger partial charge in [0.2, 0.25) is 0 Å². The van der Waals surface area contributed by atoms with Crippen LogP contribution in [0.4, 0.5) is 4.39 Å². The molecular weight excluding hydrogens is 221 g/mol. The predicted octanol–water partition coefficient (Wildman–Crippen LogP) is 2.51. The number of carboxylic acids is 1. The number of carboxylic acid groups (broad SMARTS) is 1. The summed E-state index contributed by atoms with van der Waals surface area (Å²) in [4.78, 5) is 14.3. The van der Waals surface area contributed by atoms with Gasteiger partial charge < -0.3 is 5.11 Å². The number of halogens is 1. The Morgan fingerprint density at radius 3 is 2.59 bits per heavy atom. The Balaban J connectivity index is 2.46. The minimum Gasteiger partial charge on any atom is -0.481 e. The summed E-state index contributed by atoms with van der Waals surface area (Å²) in [7, 11) is 0. The zero-order chi connectivity index (χ0) is 12.3. The van der Waals surface area contributed by atoms with Crippen LogP contribution in [0.3, 0.4) is 0 Å². The van der Waals surface area contributed by atoms with Crippen molar-refractivity contribution in [1.82, 2.24) is 4.98 Å². The zero-order valence-corrected chi connectivity index (χ0v) is 8.93. The van der Waals surface area contributed by atoms with Crippen molar-refractivity contribution in [2.75, 3.05) is 0 Å². The molecule has 0 aliphatic rings. The molecule has 0 aliphatic carbocycles. The minimum absolute atomic E-state index is 0.0427. The summed E-state index contributed by atoms with van der Waals surface area (Å²) in [6.45, 7) is 0. The van der Waals surface area contributed by atoms with E-state index >= 15 is 0 Å². The van der Waals surface area contributed by atoms with Crippen LogP contribution in [0.15, 0.2) is 42.6 Å². The van der Waals surface area contributed by atoms with Gasteiger partial charge in [-0.25, -0.2) is 4.39 Å². The first kappa shape index (κ1) is 11.3. The van der Waals surface area contributed by atoms with Crippen molar-refractivity contribution in [1.29, 1.82) is 0 Å². The van der Waals surface area contributed by atoms with E-state index in [2.05, 4.69) is 4.98 Å². The van der Waals surface area contributed by atoms with Gasteiger partial charge in [0.05, 0.1) is 12.1 Å². The van der Waals surface area contributed by atoms with E-state index in [0.29, 0.717) is 11.1 Å². The fraction of sp³-hybridized carbons (Fsp3) is 0.0769. The van der Waals surface area contributed by atoms with Crippen molar-refractivity contribution in [3.63, 3.8) is 0 Å². The lowest BCUT2D eigenvalue weighted by Crippen LogP contribution is -2.05. The SMILES string of the molecule is O=C(O)Cc1nccc(-c2ccccc2)c1F. The molecule has 17 heavy (non-hydrogen) atoms. The normalized spacial score (nSPS) is 10.2. The number of aromatic nitrogens is 1. The molecule has 0 atom stereocenters. The van der Waals surface area contributed by atoms with E-state index < -0.39 is 18.2 Å². The fourth-order valence-corrected chi connectivity index (χ4v) is 1.59. The second kappa shape index (κ2) is 4.74. The molecular formula is C13H10FNO2. The maximum Gasteiger partial charge on any atom is 0.309 e. The minimum atomic E-state index is -1.10. The van der Waals surface area contributed by atoms with Crippen LogP contribution in [0.2, 0.25) is 0 Å². The molecule has 1 aromatic carbocycles. The van der Waals surface area contributed by atoms with Crippen molar-refractivity contribution in [2.24, 2.45) is 0 Å². The van der Waals surface area contributed by atoms with E-state index in [4.69, 9.17) is 5.11 Å². The number of pyridine rings is 1. The van der Waals surface area contributed by atoms with Gasteiger partial charge in [-0.1, -0.05) is 30.3 Å². The van der Waals surface area contributed by atoms with Gasteiger partial charge >= 0.3 is 5.97 Å². The highest BCUT2D eigenvalue weighted by molar-refractivity contribution is 5.71. The summed E-state index contributed by atoms with van der Waals surface area (Å²) in [5.74, 6) is -1.66. The number of hydrogen-bond donors (Lipinski definition) is 1. The topological polar surface area (TPSA) is 50.2 Å². The second-order valence-electron chi connectivity index (χ2n) is 3.56. The van der Waals surface area contributed by atoms with Gasteiger partial charge in [-0.05, 0) is 11.6 Å². The molecule has 0 radical (unpaired) electrons. The molecule has 0 unspecified atom stereocenters. The zero-order valence-electron chi connectivity index (χ0n) is 8.93. The quantitative estimate of drug-likeness (QED) is 0.883. The Morgan fingerprint density at radius 2 is 1.94 bits per heavy atom. The van der Waals surface area contributed by atoms with Gasteiger partial charge in [0.1, 0.15) is 0 Å². The molecule has 0 fully saturated rings. The van der Waals surface area contributed by atoms with E-state index in [-0.39, 0.29) is 5.69 Å². The second-order valence-corrected chi connectivity index (χ2v) is 3.56. The lowest BCUT2D eigenvalue weighted by atomic mass is 10.0. The van der Waals surface area contributed by atoms with Crippen molar-refractivity contribution in [2.45, 2.75) is 6.42 Å². The number of carbonyl (C=O) groups is 1. The summed E-state index contributed by atoms with van der Waals surface area (Å²) in [6.07, 6.45) is 1.01. The predicted molar refractivity (Wildman–Crippen MR) is 61.0 cm³/mol. The maximum atomic E-state index is 14.0. The largest absolute Gasteiger partial charge is 0.481 e. The van der Waals surface area contributed by atoms with Crippen LogP contribution >= 0.6 is 0 Å². The first-order chi connectivity index (χ1) is 8.18. The lowest BCUT2D eigenvalue weighted by molar-refractivity contribution is -0.136. The molecule has 3 nitrogen and oxygen atoms in total. The third-order valence-corrected chi connectivity index (χ3v) is 2.36. The molecule has 0 saturated carbocycles. The van der Waals surface area contributed by atoms with Crippen molar-refractivity contribution < 1.29 is 14.3 Å². The Bertz CT molecular complexity index is 540. The smallest absolute Gasteiger partial charge is 0.309 e. The molecule has 0 spiro atoms. The Hall–Kier alpha value is -2.23. The molecule has 1 heterocycles. The van der Waals surface area contributed by atoms with Crippen LogP contribution in [0.1, 0.15) is 5.69 Å². The first-order valence-electron chi connectivity index (χ1n) is 5.09. The summed E-state index contributed by atoms with van der Waals surface area (Å²) in [5, 5.41) is 8.65. The highest BCUT2D eigenvalue weighted by Gasteiger charge is 2.13. The van der Waals surface area contributed by atoms with Crippen LogP contribution in [0.25, 0.3) is 11.1 Å². The summed E-state index contributed by atoms with van der Waals surface area (Å²) in [5.41, 5.74) is 1.04. The van der Waals surface area contributed by atoms with Gasteiger partial charge in [0.15, 0.2) is 5.82 Å². The molecule has 1 aromatic heterocycles. The molecule has 2 rings (SSSR count). The van der Waals surface area contributed by atoms with E-state index in [9.17, 15) is 9.18 Å². The van der Waals surface area contributed by atoms with Gasteiger partial charge in [-0.15, -0.1) is 0 Å². The van der Waals surface area contributed by atoms with Crippen LogP contribution in [0.5, 0.6) is 0 Å². The van der Waals surface area contributed by atoms with E-state index in [1.54, 1.807) is 24.3 Å². The Morgan fingerprint density at radius 1 is 1.24 bits per heavy atom. The van der Waals surface area contributed by atoms with Crippen molar-refractivity contribution in [3.8, 4) is 11.1 Å². The van der Waals surface area contributed by atoms with Crippen LogP contribution in [-0.2, 0) is 11.2 Å². The number of rotatable bonds is 3. The number of nitrogens with zero attached hydrogens (tertiary/aromatic N) is 1. The van der Waals surface area contributed by atoms with Gasteiger partial charge in [-0.3, -0.25) is 9.78 Å². The summed E-state index contributed by atoms with van der Waals surface area (Å²) >= 11 is 0. The third-order valence-electron chi connectivity index (χ3n) is 2.36. The van der Waals surface area contributed by atoms with Crippen molar-refractivity contribution >= 4 is 5.97 Å². The average molecular weight is 231 g/mol. The molecule has 86 valence electrons. The Kier molecular flexibility index (Phi) is 3.14. The number of hydrogen-bond acceptors (Lipinski definition) is 2. The molecule has 0 bridgehead atoms. The standard InChI is InChI=1S/C13H10FNO2/c14-13-10(9-4-2-1-3-5-9)6-7-15-11(13)8-12(16)17/h1-7H,8H2,(H,16,17). The molecule has 0 saturated heterocycles. The number of aliphatic carboxylic acids is 1. The monoisotopic (exact) mass is 231 g/mol. The molecule has 0 aliphatic heterocycles. The Labute approximate surface area is 97.6 Å². The lowest BCUT2D eigenvalue weighted by Gasteiger charge is -2.06. The fourth-order valence-electron chi connectivity index (χ4n) is 1.59. The molecule has 0 amide bonds. The van der Waals surface area contributed by atoms with E-state index in [1.165, 1.54) is 12.3 Å². The van der Waals surface area contributed by atoms with Gasteiger partial charge in [0, 0.05) is 11.8 Å². The molecule has 1 N–H and O–H groups in total. The van der Waals surface area contributed by atoms with Crippen LogP contribution < -0.4 is 0 Å². The molecule has 4 heteroatoms. The van der Waals surface area contributed by atoms with Gasteiger partial charge in [0.25, 0.3) is 0 Å². The average Bonchev–Trinajstić information content (AvgIpc) is 2.32. The van der Waals surface area contributed by atoms with E-state index in [1.807, 2.05) is 6.07 Å². The van der Waals surface area contributed by atoms with Crippen LogP contribution in [-0.4, -0.2) is 16.1 Å².